The predicted octanol–water partition coefficient (Wildman–Crippen LogP) is -1.43. The molecular formula is C4H9N5O4S. The number of hydrogen-bond donors (Lipinski definition) is 5. The highest BCUT2D eigenvalue weighted by Crippen LogP contribution is 2.14. The van der Waals surface area contributed by atoms with Gasteiger partial charge in [-0.3, -0.25) is 9.11 Å². The van der Waals surface area contributed by atoms with Gasteiger partial charge in [-0.05, 0) is 0 Å². The second-order valence-electron chi connectivity index (χ2n) is 2.01. The van der Waals surface area contributed by atoms with Crippen molar-refractivity contribution in [2.75, 3.05) is 17.2 Å². The van der Waals surface area contributed by atoms with Crippen LogP contribution in [0.25, 0.3) is 0 Å². The van der Waals surface area contributed by atoms with Gasteiger partial charge in [-0.1, -0.05) is 0 Å². The molecule has 1 aromatic heterocycles. The Morgan fingerprint density at radius 1 is 1.07 bits per heavy atom. The zero-order valence-corrected chi connectivity index (χ0v) is 7.64. The van der Waals surface area contributed by atoms with Gasteiger partial charge in [0, 0.05) is 0 Å². The lowest BCUT2D eigenvalue weighted by molar-refractivity contribution is 0.381. The van der Waals surface area contributed by atoms with Crippen molar-refractivity contribution in [3.05, 3.63) is 6.33 Å². The summed E-state index contributed by atoms with van der Waals surface area (Å²) >= 11 is 0. The summed E-state index contributed by atoms with van der Waals surface area (Å²) in [5, 5.41) is 0. The molecule has 0 bridgehead atoms. The predicted molar refractivity (Wildman–Crippen MR) is 49.4 cm³/mol. The van der Waals surface area contributed by atoms with Crippen LogP contribution in [0.5, 0.6) is 0 Å². The third-order valence-corrected chi connectivity index (χ3v) is 0.946. The fraction of sp³-hybridized carbons (Fsp3) is 0. The van der Waals surface area contributed by atoms with Crippen LogP contribution >= 0.6 is 0 Å². The summed E-state index contributed by atoms with van der Waals surface area (Å²) in [6.07, 6.45) is 1.26. The molecule has 9 nitrogen and oxygen atoms in total. The molecule has 10 heteroatoms. The van der Waals surface area contributed by atoms with Crippen molar-refractivity contribution < 1.29 is 17.5 Å². The third kappa shape index (κ3) is 5.93. The third-order valence-electron chi connectivity index (χ3n) is 0.946. The summed E-state index contributed by atoms with van der Waals surface area (Å²) in [4.78, 5) is 7.20. The number of nitrogens with two attached hydrogens (primary N) is 3. The average molecular weight is 223 g/mol. The first-order chi connectivity index (χ1) is 6.22. The molecule has 0 atom stereocenters. The Balaban J connectivity index is 0.000000292. The zero-order chi connectivity index (χ0) is 11.4. The monoisotopic (exact) mass is 223 g/mol. The molecule has 0 amide bonds. The SMILES string of the molecule is Nc1ncnc(N)c1N.O=S(=O)(O)O. The Morgan fingerprint density at radius 3 is 1.57 bits per heavy atom. The van der Waals surface area contributed by atoms with Gasteiger partial charge in [0.2, 0.25) is 0 Å². The molecule has 80 valence electrons. The second kappa shape index (κ2) is 4.55. The maximum absolute atomic E-state index is 8.74. The largest absolute Gasteiger partial charge is 0.394 e. The van der Waals surface area contributed by atoms with E-state index < -0.39 is 10.4 Å². The van der Waals surface area contributed by atoms with Gasteiger partial charge >= 0.3 is 10.4 Å². The summed E-state index contributed by atoms with van der Waals surface area (Å²) < 4.78 is 31.6. The van der Waals surface area contributed by atoms with Gasteiger partial charge in [-0.15, -0.1) is 0 Å². The fourth-order valence-electron chi connectivity index (χ4n) is 0.424. The molecule has 1 aromatic rings. The van der Waals surface area contributed by atoms with Gasteiger partial charge in [-0.25, -0.2) is 9.97 Å². The highest BCUT2D eigenvalue weighted by Gasteiger charge is 1.97. The van der Waals surface area contributed by atoms with Crippen LogP contribution in [-0.2, 0) is 10.4 Å². The van der Waals surface area contributed by atoms with E-state index in [4.69, 9.17) is 34.7 Å². The molecule has 0 unspecified atom stereocenters. The first-order valence-electron chi connectivity index (χ1n) is 3.03. The van der Waals surface area contributed by atoms with Crippen LogP contribution in [0.4, 0.5) is 17.3 Å². The van der Waals surface area contributed by atoms with Crippen LogP contribution in [0.3, 0.4) is 0 Å². The van der Waals surface area contributed by atoms with Crippen molar-refractivity contribution in [3.63, 3.8) is 0 Å². The van der Waals surface area contributed by atoms with Gasteiger partial charge < -0.3 is 17.2 Å². The number of aromatic nitrogens is 2. The van der Waals surface area contributed by atoms with Crippen LogP contribution in [-0.4, -0.2) is 27.5 Å². The summed E-state index contributed by atoms with van der Waals surface area (Å²) in [6, 6.07) is 0. The maximum Gasteiger partial charge on any atom is 0.394 e. The van der Waals surface area contributed by atoms with E-state index in [0.29, 0.717) is 0 Å². The van der Waals surface area contributed by atoms with Crippen LogP contribution < -0.4 is 17.2 Å². The van der Waals surface area contributed by atoms with Crippen molar-refractivity contribution in [1.29, 1.82) is 0 Å². The van der Waals surface area contributed by atoms with E-state index in [1.165, 1.54) is 6.33 Å². The van der Waals surface area contributed by atoms with Crippen molar-refractivity contribution >= 4 is 27.7 Å². The zero-order valence-electron chi connectivity index (χ0n) is 6.82. The lowest BCUT2D eigenvalue weighted by atomic mass is 10.4. The molecule has 1 heterocycles. The second-order valence-corrected chi connectivity index (χ2v) is 2.90. The molecule has 14 heavy (non-hydrogen) atoms. The van der Waals surface area contributed by atoms with E-state index in [1.54, 1.807) is 0 Å². The molecule has 8 N–H and O–H groups in total. The first kappa shape index (κ1) is 12.3. The lowest BCUT2D eigenvalue weighted by Gasteiger charge is -1.98. The molecule has 0 aliphatic rings. The van der Waals surface area contributed by atoms with Crippen molar-refractivity contribution in [3.8, 4) is 0 Å². The van der Waals surface area contributed by atoms with Gasteiger partial charge in [0.25, 0.3) is 0 Å². The molecule has 0 aliphatic heterocycles. The van der Waals surface area contributed by atoms with E-state index in [-0.39, 0.29) is 17.3 Å². The molecule has 0 aliphatic carbocycles. The molecule has 0 aromatic carbocycles. The Kier molecular flexibility index (Phi) is 4.01. The summed E-state index contributed by atoms with van der Waals surface area (Å²) in [6.45, 7) is 0. The van der Waals surface area contributed by atoms with Gasteiger partial charge in [0.1, 0.15) is 12.0 Å². The van der Waals surface area contributed by atoms with Crippen LogP contribution in [0.15, 0.2) is 6.33 Å². The van der Waals surface area contributed by atoms with Crippen LogP contribution in [0, 0.1) is 0 Å². The highest BCUT2D eigenvalue weighted by atomic mass is 32.3. The van der Waals surface area contributed by atoms with Gasteiger partial charge in [0.05, 0.1) is 0 Å². The van der Waals surface area contributed by atoms with Crippen molar-refractivity contribution in [2.45, 2.75) is 0 Å². The first-order valence-corrected chi connectivity index (χ1v) is 4.43. The number of nitrogen functional groups attached to an aromatic ring is 3. The number of nitrogens with zero attached hydrogens (tertiary/aromatic N) is 2. The minimum absolute atomic E-state index is 0.225. The molecule has 0 fully saturated rings. The summed E-state index contributed by atoms with van der Waals surface area (Å²) in [7, 11) is -4.67. The topological polar surface area (TPSA) is 178 Å². The summed E-state index contributed by atoms with van der Waals surface area (Å²) in [5.41, 5.74) is 16.1. The Bertz CT molecular complexity index is 376. The summed E-state index contributed by atoms with van der Waals surface area (Å²) in [5.74, 6) is 0.449. The Labute approximate surface area is 79.5 Å². The van der Waals surface area contributed by atoms with Crippen molar-refractivity contribution in [1.82, 2.24) is 9.97 Å². The average Bonchev–Trinajstić information content (AvgIpc) is 1.97. The number of anilines is 3. The minimum atomic E-state index is -4.67. The van der Waals surface area contributed by atoms with E-state index >= 15 is 0 Å². The van der Waals surface area contributed by atoms with E-state index in [0.717, 1.165) is 0 Å². The quantitative estimate of drug-likeness (QED) is 0.329. The number of rotatable bonds is 0. The Hall–Kier alpha value is -1.65. The molecule has 1 rings (SSSR count). The highest BCUT2D eigenvalue weighted by molar-refractivity contribution is 7.79. The van der Waals surface area contributed by atoms with E-state index in [9.17, 15) is 0 Å². The minimum Gasteiger partial charge on any atom is -0.393 e. The van der Waals surface area contributed by atoms with Gasteiger partial charge in [-0.2, -0.15) is 8.42 Å². The fourth-order valence-corrected chi connectivity index (χ4v) is 0.424. The van der Waals surface area contributed by atoms with Crippen LogP contribution in [0.1, 0.15) is 0 Å². The van der Waals surface area contributed by atoms with Crippen LogP contribution in [0.2, 0.25) is 0 Å². The molecule has 0 saturated heterocycles. The number of hydrogen-bond acceptors (Lipinski definition) is 7. The van der Waals surface area contributed by atoms with Crippen molar-refractivity contribution in [2.24, 2.45) is 0 Å². The smallest absolute Gasteiger partial charge is 0.393 e. The standard InChI is InChI=1S/C4H7N5.H2O4S/c5-2-3(6)8-1-9-4(2)7;1-5(2,3)4/h1H,5H2,(H4,6,7,8,9);(H2,1,2,3,4). The molecule has 0 saturated carbocycles. The Morgan fingerprint density at radius 2 is 1.36 bits per heavy atom. The van der Waals surface area contributed by atoms with Gasteiger partial charge in [0.15, 0.2) is 11.6 Å². The lowest BCUT2D eigenvalue weighted by Crippen LogP contribution is -2.03. The normalized spacial score (nSPS) is 10.1. The maximum atomic E-state index is 8.74. The van der Waals surface area contributed by atoms with E-state index in [1.807, 2.05) is 0 Å². The molecule has 0 spiro atoms. The molecular weight excluding hydrogens is 214 g/mol. The van der Waals surface area contributed by atoms with E-state index in [2.05, 4.69) is 9.97 Å². The molecule has 0 radical (unpaired) electrons.